The first-order valence-electron chi connectivity index (χ1n) is 21.0. The van der Waals surface area contributed by atoms with Gasteiger partial charge in [0.1, 0.15) is 0 Å². The third-order valence-corrected chi connectivity index (χ3v) is 10.5. The molecule has 0 spiro atoms. The normalized spacial score (nSPS) is 13.9. The van der Waals surface area contributed by atoms with Crippen molar-refractivity contribution in [1.82, 2.24) is 0 Å². The molecule has 1 aliphatic rings. The largest absolute Gasteiger partial charge is 0.465 e. The number of ether oxygens (including phenoxy) is 2. The molecule has 0 atom stereocenters. The Balaban J connectivity index is 1.90. The van der Waals surface area contributed by atoms with Gasteiger partial charge in [0.15, 0.2) is 5.41 Å². The molecule has 1 rings (SSSR count). The van der Waals surface area contributed by atoms with E-state index in [-0.39, 0.29) is 11.9 Å². The lowest BCUT2D eigenvalue weighted by molar-refractivity contribution is -0.179. The summed E-state index contributed by atoms with van der Waals surface area (Å²) in [6, 6.07) is 0. The van der Waals surface area contributed by atoms with Crippen LogP contribution in [0, 0.1) is 5.41 Å². The molecule has 0 heterocycles. The maximum atomic E-state index is 12.8. The topological polar surface area (TPSA) is 52.6 Å². The Labute approximate surface area is 287 Å². The lowest BCUT2D eigenvalue weighted by Crippen LogP contribution is -2.47. The quantitative estimate of drug-likeness (QED) is 0.0385. The van der Waals surface area contributed by atoms with E-state index < -0.39 is 5.41 Å². The van der Waals surface area contributed by atoms with Crippen molar-refractivity contribution in [2.24, 2.45) is 5.41 Å². The van der Waals surface area contributed by atoms with Crippen LogP contribution in [0.1, 0.15) is 239 Å². The van der Waals surface area contributed by atoms with Gasteiger partial charge >= 0.3 is 11.9 Å². The van der Waals surface area contributed by atoms with Crippen molar-refractivity contribution in [3.05, 3.63) is 0 Å². The van der Waals surface area contributed by atoms with Crippen molar-refractivity contribution in [2.75, 3.05) is 13.2 Å². The highest BCUT2D eigenvalue weighted by molar-refractivity contribution is 6.01. The molecule has 1 fully saturated rings. The molecule has 1 saturated carbocycles. The van der Waals surface area contributed by atoms with Gasteiger partial charge in [0, 0.05) is 0 Å². The molecule has 0 aromatic heterocycles. The van der Waals surface area contributed by atoms with E-state index in [4.69, 9.17) is 9.47 Å². The van der Waals surface area contributed by atoms with Crippen molar-refractivity contribution in [1.29, 1.82) is 0 Å². The summed E-state index contributed by atoms with van der Waals surface area (Å²) < 4.78 is 11.2. The zero-order valence-electron chi connectivity index (χ0n) is 31.3. The molecule has 0 unspecified atom stereocenters. The number of carbonyl (C=O) groups excluding carboxylic acids is 2. The average Bonchev–Trinajstić information content (AvgIpc) is 3.03. The Kier molecular flexibility index (Phi) is 30.3. The molecule has 0 aromatic carbocycles. The molecule has 272 valence electrons. The third kappa shape index (κ3) is 23.3. The number of carbonyl (C=O) groups is 2. The zero-order chi connectivity index (χ0) is 33.2. The second kappa shape index (κ2) is 32.5. The first-order chi connectivity index (χ1) is 22.7. The summed E-state index contributed by atoms with van der Waals surface area (Å²) in [5, 5.41) is 0. The van der Waals surface area contributed by atoms with Crippen molar-refractivity contribution in [2.45, 2.75) is 239 Å². The van der Waals surface area contributed by atoms with E-state index in [2.05, 4.69) is 13.8 Å². The van der Waals surface area contributed by atoms with E-state index in [1.54, 1.807) is 0 Å². The van der Waals surface area contributed by atoms with Gasteiger partial charge in [0.05, 0.1) is 13.2 Å². The molecular weight excluding hydrogens is 568 g/mol. The SMILES string of the molecule is CCCCCCCCCCCCCCCCCCOC(=O)C1(C(=O)OCCCCCCCCCCCCCCCCCC)CCC1. The number of hydrogen-bond donors (Lipinski definition) is 0. The van der Waals surface area contributed by atoms with Crippen LogP contribution in [-0.2, 0) is 19.1 Å². The Morgan fingerprint density at radius 2 is 0.587 bits per heavy atom. The fourth-order valence-corrected chi connectivity index (χ4v) is 6.93. The lowest BCUT2D eigenvalue weighted by atomic mass is 9.69. The fourth-order valence-electron chi connectivity index (χ4n) is 6.93. The number of esters is 2. The minimum Gasteiger partial charge on any atom is -0.465 e. The van der Waals surface area contributed by atoms with Gasteiger partial charge in [-0.05, 0) is 32.1 Å². The Morgan fingerprint density at radius 1 is 0.370 bits per heavy atom. The molecule has 0 aromatic rings. The van der Waals surface area contributed by atoms with E-state index >= 15 is 0 Å². The minimum atomic E-state index is -1.01. The maximum Gasteiger partial charge on any atom is 0.323 e. The van der Waals surface area contributed by atoms with Crippen LogP contribution in [0.4, 0.5) is 0 Å². The minimum absolute atomic E-state index is 0.336. The van der Waals surface area contributed by atoms with E-state index in [9.17, 15) is 9.59 Å². The first-order valence-corrected chi connectivity index (χ1v) is 21.0. The van der Waals surface area contributed by atoms with Crippen LogP contribution in [0.25, 0.3) is 0 Å². The van der Waals surface area contributed by atoms with Crippen LogP contribution in [0.3, 0.4) is 0 Å². The van der Waals surface area contributed by atoms with E-state index in [1.807, 2.05) is 0 Å². The molecule has 0 N–H and O–H groups in total. The number of unbranched alkanes of at least 4 members (excludes halogenated alkanes) is 30. The smallest absolute Gasteiger partial charge is 0.323 e. The average molecular weight is 649 g/mol. The van der Waals surface area contributed by atoms with Gasteiger partial charge in [0.25, 0.3) is 0 Å². The Morgan fingerprint density at radius 3 is 0.783 bits per heavy atom. The van der Waals surface area contributed by atoms with Crippen LogP contribution in [0.2, 0.25) is 0 Å². The second-order valence-corrected chi connectivity index (χ2v) is 14.8. The monoisotopic (exact) mass is 649 g/mol. The molecule has 0 aliphatic heterocycles. The van der Waals surface area contributed by atoms with E-state index in [1.165, 1.54) is 180 Å². The van der Waals surface area contributed by atoms with Crippen LogP contribution in [0.5, 0.6) is 0 Å². The predicted octanol–water partition coefficient (Wildman–Crippen LogP) is 13.8. The van der Waals surface area contributed by atoms with Crippen molar-refractivity contribution in [3.63, 3.8) is 0 Å². The second-order valence-electron chi connectivity index (χ2n) is 14.8. The van der Waals surface area contributed by atoms with Gasteiger partial charge in [-0.15, -0.1) is 0 Å². The first kappa shape index (κ1) is 43.0. The highest BCUT2D eigenvalue weighted by Crippen LogP contribution is 2.43. The highest BCUT2D eigenvalue weighted by Gasteiger charge is 2.53. The Bertz CT molecular complexity index is 619. The lowest BCUT2D eigenvalue weighted by Gasteiger charge is -2.36. The zero-order valence-corrected chi connectivity index (χ0v) is 31.3. The van der Waals surface area contributed by atoms with Crippen LogP contribution in [0.15, 0.2) is 0 Å². The molecule has 0 radical (unpaired) electrons. The van der Waals surface area contributed by atoms with E-state index in [0.717, 1.165) is 32.1 Å². The van der Waals surface area contributed by atoms with E-state index in [0.29, 0.717) is 26.1 Å². The Hall–Kier alpha value is -1.06. The number of hydrogen-bond acceptors (Lipinski definition) is 4. The van der Waals surface area contributed by atoms with Gasteiger partial charge < -0.3 is 9.47 Å². The van der Waals surface area contributed by atoms with Crippen LogP contribution >= 0.6 is 0 Å². The van der Waals surface area contributed by atoms with Gasteiger partial charge in [-0.1, -0.05) is 206 Å². The molecule has 46 heavy (non-hydrogen) atoms. The summed E-state index contributed by atoms with van der Waals surface area (Å²) in [6.45, 7) is 5.44. The predicted molar refractivity (Wildman–Crippen MR) is 197 cm³/mol. The molecule has 0 saturated heterocycles. The van der Waals surface area contributed by atoms with Crippen LogP contribution in [-0.4, -0.2) is 25.2 Å². The summed E-state index contributed by atoms with van der Waals surface area (Å²) in [4.78, 5) is 25.6. The number of rotatable bonds is 36. The van der Waals surface area contributed by atoms with Gasteiger partial charge in [-0.2, -0.15) is 0 Å². The molecule has 4 heteroatoms. The van der Waals surface area contributed by atoms with Gasteiger partial charge in [0.2, 0.25) is 0 Å². The van der Waals surface area contributed by atoms with Crippen molar-refractivity contribution >= 4 is 11.9 Å². The van der Waals surface area contributed by atoms with Gasteiger partial charge in [-0.3, -0.25) is 9.59 Å². The maximum absolute atomic E-state index is 12.8. The third-order valence-electron chi connectivity index (χ3n) is 10.5. The summed E-state index contributed by atoms with van der Waals surface area (Å²) >= 11 is 0. The summed E-state index contributed by atoms with van der Waals surface area (Å²) in [5.41, 5.74) is -1.01. The molecule has 0 amide bonds. The summed E-state index contributed by atoms with van der Waals surface area (Å²) in [6.07, 6.45) is 44.5. The fraction of sp³-hybridized carbons (Fsp3) is 0.952. The van der Waals surface area contributed by atoms with Gasteiger partial charge in [-0.25, -0.2) is 0 Å². The molecule has 0 bridgehead atoms. The highest BCUT2D eigenvalue weighted by atomic mass is 16.6. The summed E-state index contributed by atoms with van der Waals surface area (Å²) in [5.74, 6) is -0.673. The summed E-state index contributed by atoms with van der Waals surface area (Å²) in [7, 11) is 0. The molecular formula is C42H80O4. The van der Waals surface area contributed by atoms with Crippen molar-refractivity contribution in [3.8, 4) is 0 Å². The van der Waals surface area contributed by atoms with Crippen LogP contribution < -0.4 is 0 Å². The van der Waals surface area contributed by atoms with Crippen molar-refractivity contribution < 1.29 is 19.1 Å². The molecule has 1 aliphatic carbocycles. The standard InChI is InChI=1S/C42H80O4/c1-3-5-7-9-11-13-15-17-19-21-23-25-27-29-31-33-38-45-40(43)42(36-35-37-42)41(44)46-39-34-32-30-28-26-24-22-20-18-16-14-12-10-8-6-4-2/h3-39H2,1-2H3. The molecule has 4 nitrogen and oxygen atoms in total.